The van der Waals surface area contributed by atoms with Gasteiger partial charge in [0.1, 0.15) is 0 Å². The number of hydrogen-bond donors (Lipinski definition) is 0. The van der Waals surface area contributed by atoms with Crippen LogP contribution in [0.4, 0.5) is 4.39 Å². The number of allylic oxidation sites excluding steroid dienone is 1. The molecule has 3 aliphatic carbocycles. The Balaban J connectivity index is 1.07. The van der Waals surface area contributed by atoms with Gasteiger partial charge in [-0.3, -0.25) is 0 Å². The predicted octanol–water partition coefficient (Wildman–Crippen LogP) is 10.7. The van der Waals surface area contributed by atoms with Crippen LogP contribution >= 0.6 is 11.3 Å². The first kappa shape index (κ1) is 26.3. The molecule has 3 heteroatoms. The van der Waals surface area contributed by atoms with Crippen LogP contribution in [0.15, 0.2) is 24.3 Å². The van der Waals surface area contributed by atoms with Crippen molar-refractivity contribution in [2.24, 2.45) is 35.5 Å². The molecule has 0 bridgehead atoms. The average molecular weight is 511 g/mol. The summed E-state index contributed by atoms with van der Waals surface area (Å²) in [5.74, 6) is 5.93. The Morgan fingerprint density at radius 1 is 0.833 bits per heavy atom. The van der Waals surface area contributed by atoms with Crippen LogP contribution in [0, 0.1) is 41.3 Å². The third-order valence-corrected chi connectivity index (χ3v) is 11.1. The molecule has 0 radical (unpaired) electrons. The van der Waals surface area contributed by atoms with E-state index in [1.807, 2.05) is 13.0 Å². The van der Waals surface area contributed by atoms with Crippen molar-refractivity contribution in [3.05, 3.63) is 35.0 Å². The van der Waals surface area contributed by atoms with Gasteiger partial charge in [-0.1, -0.05) is 38.7 Å². The van der Waals surface area contributed by atoms with Crippen LogP contribution in [0.1, 0.15) is 109 Å². The molecule has 36 heavy (non-hydrogen) atoms. The highest BCUT2D eigenvalue weighted by molar-refractivity contribution is 7.19. The summed E-state index contributed by atoms with van der Waals surface area (Å²) in [5, 5.41) is 0.980. The second-order valence-corrected chi connectivity index (χ2v) is 13.2. The topological polar surface area (TPSA) is 9.23 Å². The van der Waals surface area contributed by atoms with Crippen molar-refractivity contribution in [3.63, 3.8) is 0 Å². The molecule has 1 aromatic heterocycles. The lowest BCUT2D eigenvalue weighted by molar-refractivity contribution is 0.107. The molecule has 198 valence electrons. The van der Waals surface area contributed by atoms with Crippen LogP contribution in [-0.2, 0) is 0 Å². The lowest BCUT2D eigenvalue weighted by Crippen LogP contribution is -2.29. The number of thiophene rings is 1. The van der Waals surface area contributed by atoms with Crippen LogP contribution in [-0.4, -0.2) is 6.61 Å². The molecule has 1 aromatic carbocycles. The van der Waals surface area contributed by atoms with Crippen LogP contribution in [0.3, 0.4) is 0 Å². The Bertz CT molecular complexity index is 985. The molecular weight excluding hydrogens is 463 g/mol. The van der Waals surface area contributed by atoms with Gasteiger partial charge in [0.15, 0.2) is 11.6 Å². The van der Waals surface area contributed by atoms with Gasteiger partial charge in [0.25, 0.3) is 0 Å². The minimum absolute atomic E-state index is 0.210. The number of halogens is 1. The van der Waals surface area contributed by atoms with Gasteiger partial charge in [-0.15, -0.1) is 11.3 Å². The number of benzene rings is 1. The molecule has 2 aromatic rings. The second kappa shape index (κ2) is 12.5. The first-order chi connectivity index (χ1) is 17.6. The predicted molar refractivity (Wildman–Crippen MR) is 153 cm³/mol. The number of rotatable bonds is 8. The van der Waals surface area contributed by atoms with Gasteiger partial charge in [-0.05, 0) is 136 Å². The van der Waals surface area contributed by atoms with Gasteiger partial charge in [-0.25, -0.2) is 4.39 Å². The SMILES string of the molecule is CCCC1CCC(C2CCC(C3CCC(/C=C/c4cc5ccc(OCC)c(F)c5s4)CC3)CC2)CC1. The smallest absolute Gasteiger partial charge is 0.182 e. The molecule has 5 rings (SSSR count). The minimum atomic E-state index is -0.210. The zero-order chi connectivity index (χ0) is 24.9. The van der Waals surface area contributed by atoms with Crippen molar-refractivity contribution < 1.29 is 9.13 Å². The van der Waals surface area contributed by atoms with E-state index in [0.717, 1.165) is 39.9 Å². The van der Waals surface area contributed by atoms with E-state index in [9.17, 15) is 4.39 Å². The fourth-order valence-corrected chi connectivity index (χ4v) is 8.91. The number of ether oxygens (including phenoxy) is 1. The van der Waals surface area contributed by atoms with Gasteiger partial charge >= 0.3 is 0 Å². The highest BCUT2D eigenvalue weighted by Gasteiger charge is 2.34. The van der Waals surface area contributed by atoms with E-state index in [1.54, 1.807) is 17.4 Å². The molecule has 3 saturated carbocycles. The standard InChI is InChI=1S/C33H47FOS/c1-3-5-23-6-11-25(12-7-23)27-15-17-28(18-16-27)26-13-8-24(9-14-26)10-20-30-22-29-19-21-31(35-4-2)32(34)33(29)36-30/h10,19-28H,3-9,11-18H2,1-2H3/b20-10+. The molecule has 1 nitrogen and oxygen atoms in total. The molecule has 1 heterocycles. The van der Waals surface area contributed by atoms with Crippen LogP contribution in [0.25, 0.3) is 16.2 Å². The average Bonchev–Trinajstić information content (AvgIpc) is 3.34. The van der Waals surface area contributed by atoms with Crippen molar-refractivity contribution in [3.8, 4) is 5.75 Å². The summed E-state index contributed by atoms with van der Waals surface area (Å²) in [6.45, 7) is 4.74. The fourth-order valence-electron chi connectivity index (χ4n) is 7.90. The summed E-state index contributed by atoms with van der Waals surface area (Å²) in [7, 11) is 0. The molecule has 0 saturated heterocycles. The minimum Gasteiger partial charge on any atom is -0.491 e. The molecule has 0 spiro atoms. The van der Waals surface area contributed by atoms with Gasteiger partial charge in [0.05, 0.1) is 11.3 Å². The highest BCUT2D eigenvalue weighted by Crippen LogP contribution is 2.46. The van der Waals surface area contributed by atoms with Crippen LogP contribution < -0.4 is 4.74 Å². The van der Waals surface area contributed by atoms with Crippen molar-refractivity contribution in [1.82, 2.24) is 0 Å². The summed E-state index contributed by atoms with van der Waals surface area (Å²) >= 11 is 1.55. The largest absolute Gasteiger partial charge is 0.491 e. The third-order valence-electron chi connectivity index (χ3n) is 10.00. The normalized spacial score (nSPS) is 31.8. The zero-order valence-electron chi connectivity index (χ0n) is 22.7. The summed E-state index contributed by atoms with van der Waals surface area (Å²) in [4.78, 5) is 1.15. The first-order valence-corrected chi connectivity index (χ1v) is 16.0. The molecule has 0 amide bonds. The van der Waals surface area contributed by atoms with Crippen molar-refractivity contribution in [1.29, 1.82) is 0 Å². The Labute approximate surface area is 222 Å². The van der Waals surface area contributed by atoms with Gasteiger partial charge in [-0.2, -0.15) is 0 Å². The van der Waals surface area contributed by atoms with Crippen molar-refractivity contribution in [2.45, 2.75) is 104 Å². The Kier molecular flexibility index (Phi) is 9.09. The maximum atomic E-state index is 14.7. The lowest BCUT2D eigenvalue weighted by atomic mass is 9.65. The highest BCUT2D eigenvalue weighted by atomic mass is 32.1. The summed E-state index contributed by atoms with van der Waals surface area (Å²) in [5.41, 5.74) is 0. The maximum absolute atomic E-state index is 14.7. The number of hydrogen-bond acceptors (Lipinski definition) is 2. The van der Waals surface area contributed by atoms with E-state index in [0.29, 0.717) is 23.0 Å². The Morgan fingerprint density at radius 3 is 2.00 bits per heavy atom. The van der Waals surface area contributed by atoms with Crippen molar-refractivity contribution in [2.75, 3.05) is 6.61 Å². The maximum Gasteiger partial charge on any atom is 0.182 e. The van der Waals surface area contributed by atoms with Gasteiger partial charge < -0.3 is 4.74 Å². The molecule has 0 unspecified atom stereocenters. The Hall–Kier alpha value is -1.35. The van der Waals surface area contributed by atoms with Gasteiger partial charge in [0, 0.05) is 4.88 Å². The summed E-state index contributed by atoms with van der Waals surface area (Å²) < 4.78 is 20.9. The Morgan fingerprint density at radius 2 is 1.42 bits per heavy atom. The van der Waals surface area contributed by atoms with E-state index < -0.39 is 0 Å². The lowest BCUT2D eigenvalue weighted by Gasteiger charge is -2.41. The quantitative estimate of drug-likeness (QED) is 0.343. The van der Waals surface area contributed by atoms with Crippen LogP contribution in [0.2, 0.25) is 0 Å². The van der Waals surface area contributed by atoms with Crippen LogP contribution in [0.5, 0.6) is 5.75 Å². The second-order valence-electron chi connectivity index (χ2n) is 12.2. The molecule has 3 aliphatic rings. The number of fused-ring (bicyclic) bond motifs is 1. The summed E-state index contributed by atoms with van der Waals surface area (Å²) in [6, 6.07) is 5.86. The molecule has 0 N–H and O–H groups in total. The van der Waals surface area contributed by atoms with Gasteiger partial charge in [0.2, 0.25) is 0 Å². The molecule has 0 aliphatic heterocycles. The van der Waals surface area contributed by atoms with E-state index in [4.69, 9.17) is 4.74 Å². The van der Waals surface area contributed by atoms with E-state index in [2.05, 4.69) is 25.1 Å². The molecule has 0 atom stereocenters. The van der Waals surface area contributed by atoms with E-state index in [-0.39, 0.29) is 5.82 Å². The molecule has 3 fully saturated rings. The van der Waals surface area contributed by atoms with E-state index in [1.165, 1.54) is 89.9 Å². The fraction of sp³-hybridized carbons (Fsp3) is 0.697. The molecular formula is C33H47FOS. The first-order valence-electron chi connectivity index (χ1n) is 15.2. The van der Waals surface area contributed by atoms with Crippen molar-refractivity contribution >= 4 is 27.5 Å². The zero-order valence-corrected chi connectivity index (χ0v) is 23.5. The summed E-state index contributed by atoms with van der Waals surface area (Å²) in [6.07, 6.45) is 25.1. The third kappa shape index (κ3) is 6.20. The van der Waals surface area contributed by atoms with E-state index >= 15 is 0 Å². The monoisotopic (exact) mass is 510 g/mol.